The van der Waals surface area contributed by atoms with Gasteiger partial charge in [-0.1, -0.05) is 26.3 Å². The van der Waals surface area contributed by atoms with Gasteiger partial charge in [0.1, 0.15) is 0 Å². The van der Waals surface area contributed by atoms with Crippen LogP contribution in [0.2, 0.25) is 0 Å². The summed E-state index contributed by atoms with van der Waals surface area (Å²) in [7, 11) is 0. The molecule has 2 rings (SSSR count). The van der Waals surface area contributed by atoms with Crippen LogP contribution in [0.4, 0.5) is 0 Å². The number of aromatic nitrogens is 1. The largest absolute Gasteiger partial charge is 0.312 e. The fourth-order valence-electron chi connectivity index (χ4n) is 3.58. The van der Waals surface area contributed by atoms with Crippen LogP contribution in [0.25, 0.3) is 0 Å². The summed E-state index contributed by atoms with van der Waals surface area (Å²) >= 11 is 0. The molecule has 0 spiro atoms. The number of likely N-dealkylation sites (tertiary alicyclic amines) is 1. The van der Waals surface area contributed by atoms with Crippen LogP contribution < -0.4 is 5.32 Å². The summed E-state index contributed by atoms with van der Waals surface area (Å²) in [4.78, 5) is 7.25. The highest BCUT2D eigenvalue weighted by molar-refractivity contribution is 5.09. The molecule has 0 saturated carbocycles. The minimum absolute atomic E-state index is 0.216. The third-order valence-corrected chi connectivity index (χ3v) is 5.13. The zero-order valence-electron chi connectivity index (χ0n) is 13.9. The summed E-state index contributed by atoms with van der Waals surface area (Å²) in [5.41, 5.74) is 1.41. The SMILES string of the molecule is CCNC(Cc1ccccn1)C(C)(CC)N1CCCCC1. The molecule has 1 saturated heterocycles. The van der Waals surface area contributed by atoms with Gasteiger partial charge in [0, 0.05) is 29.9 Å². The van der Waals surface area contributed by atoms with Crippen LogP contribution in [0, 0.1) is 0 Å². The number of hydrogen-bond acceptors (Lipinski definition) is 3. The van der Waals surface area contributed by atoms with Crippen LogP contribution in [0.1, 0.15) is 52.1 Å². The second-order valence-corrected chi connectivity index (χ2v) is 6.39. The van der Waals surface area contributed by atoms with E-state index in [-0.39, 0.29) is 5.54 Å². The summed E-state index contributed by atoms with van der Waals surface area (Å²) in [6, 6.07) is 6.70. The van der Waals surface area contributed by atoms with Gasteiger partial charge in [-0.25, -0.2) is 0 Å². The van der Waals surface area contributed by atoms with Crippen molar-refractivity contribution in [1.82, 2.24) is 15.2 Å². The van der Waals surface area contributed by atoms with Crippen LogP contribution in [-0.2, 0) is 6.42 Å². The van der Waals surface area contributed by atoms with Crippen LogP contribution in [0.5, 0.6) is 0 Å². The molecule has 21 heavy (non-hydrogen) atoms. The molecular formula is C18H31N3. The molecular weight excluding hydrogens is 258 g/mol. The first-order chi connectivity index (χ1) is 10.2. The summed E-state index contributed by atoms with van der Waals surface area (Å²) in [6.07, 6.45) is 8.17. The van der Waals surface area contributed by atoms with E-state index in [0.717, 1.165) is 13.0 Å². The van der Waals surface area contributed by atoms with E-state index in [9.17, 15) is 0 Å². The molecule has 1 N–H and O–H groups in total. The highest BCUT2D eigenvalue weighted by Gasteiger charge is 2.38. The van der Waals surface area contributed by atoms with Crippen molar-refractivity contribution in [3.8, 4) is 0 Å². The molecule has 3 heteroatoms. The first-order valence-electron chi connectivity index (χ1n) is 8.59. The Morgan fingerprint density at radius 1 is 1.24 bits per heavy atom. The van der Waals surface area contributed by atoms with Crippen molar-refractivity contribution in [3.63, 3.8) is 0 Å². The van der Waals surface area contributed by atoms with Gasteiger partial charge in [0.15, 0.2) is 0 Å². The van der Waals surface area contributed by atoms with Gasteiger partial charge >= 0.3 is 0 Å². The van der Waals surface area contributed by atoms with Crippen LogP contribution >= 0.6 is 0 Å². The molecule has 1 aliphatic rings. The Hall–Kier alpha value is -0.930. The van der Waals surface area contributed by atoms with E-state index < -0.39 is 0 Å². The van der Waals surface area contributed by atoms with Crippen LogP contribution in [0.3, 0.4) is 0 Å². The minimum atomic E-state index is 0.216. The minimum Gasteiger partial charge on any atom is -0.312 e. The van der Waals surface area contributed by atoms with Gasteiger partial charge < -0.3 is 5.32 Å². The Kier molecular flexibility index (Phi) is 6.19. The average molecular weight is 289 g/mol. The number of nitrogens with one attached hydrogen (secondary N) is 1. The van der Waals surface area contributed by atoms with Crippen molar-refractivity contribution in [1.29, 1.82) is 0 Å². The molecule has 3 nitrogen and oxygen atoms in total. The monoisotopic (exact) mass is 289 g/mol. The van der Waals surface area contributed by atoms with Gasteiger partial charge in [0.05, 0.1) is 0 Å². The van der Waals surface area contributed by atoms with Gasteiger partial charge in [-0.15, -0.1) is 0 Å². The fourth-order valence-corrected chi connectivity index (χ4v) is 3.58. The first-order valence-corrected chi connectivity index (χ1v) is 8.59. The summed E-state index contributed by atoms with van der Waals surface area (Å²) < 4.78 is 0. The molecule has 2 atom stereocenters. The predicted octanol–water partition coefficient (Wildman–Crippen LogP) is 3.26. The number of rotatable bonds is 7. The molecule has 118 valence electrons. The van der Waals surface area contributed by atoms with E-state index in [1.54, 1.807) is 0 Å². The molecule has 0 aromatic carbocycles. The lowest BCUT2D eigenvalue weighted by molar-refractivity contribution is 0.0431. The number of hydrogen-bond donors (Lipinski definition) is 1. The van der Waals surface area contributed by atoms with Crippen LogP contribution in [0.15, 0.2) is 24.4 Å². The van der Waals surface area contributed by atoms with Gasteiger partial charge in [-0.2, -0.15) is 0 Å². The maximum Gasteiger partial charge on any atom is 0.0419 e. The lowest BCUT2D eigenvalue weighted by Crippen LogP contribution is -2.61. The van der Waals surface area contributed by atoms with Gasteiger partial charge in [-0.05, 0) is 58.0 Å². The molecule has 1 aliphatic heterocycles. The molecule has 0 aliphatic carbocycles. The Morgan fingerprint density at radius 2 is 2.00 bits per heavy atom. The van der Waals surface area contributed by atoms with Crippen molar-refractivity contribution < 1.29 is 0 Å². The second-order valence-electron chi connectivity index (χ2n) is 6.39. The van der Waals surface area contributed by atoms with Crippen molar-refractivity contribution in [3.05, 3.63) is 30.1 Å². The van der Waals surface area contributed by atoms with E-state index in [0.29, 0.717) is 6.04 Å². The third kappa shape index (κ3) is 4.04. The molecule has 0 radical (unpaired) electrons. The molecule has 1 aromatic rings. The van der Waals surface area contributed by atoms with Crippen molar-refractivity contribution in [2.75, 3.05) is 19.6 Å². The molecule has 2 unspecified atom stereocenters. The third-order valence-electron chi connectivity index (χ3n) is 5.13. The zero-order chi connectivity index (χ0) is 15.1. The van der Waals surface area contributed by atoms with Gasteiger partial charge in [0.25, 0.3) is 0 Å². The number of likely N-dealkylation sites (N-methyl/N-ethyl adjacent to an activating group) is 1. The maximum absolute atomic E-state index is 4.54. The fraction of sp³-hybridized carbons (Fsp3) is 0.722. The zero-order valence-corrected chi connectivity index (χ0v) is 13.9. The number of piperidine rings is 1. The lowest BCUT2D eigenvalue weighted by atomic mass is 9.83. The lowest BCUT2D eigenvalue weighted by Gasteiger charge is -2.48. The Balaban J connectivity index is 2.16. The van der Waals surface area contributed by atoms with E-state index in [2.05, 4.69) is 48.1 Å². The maximum atomic E-state index is 4.54. The Morgan fingerprint density at radius 3 is 2.57 bits per heavy atom. The Labute approximate surface area is 130 Å². The summed E-state index contributed by atoms with van der Waals surface area (Å²) in [5.74, 6) is 0. The summed E-state index contributed by atoms with van der Waals surface area (Å²) in [6.45, 7) is 10.5. The normalized spacial score (nSPS) is 20.9. The van der Waals surface area contributed by atoms with Crippen LogP contribution in [-0.4, -0.2) is 41.1 Å². The average Bonchev–Trinajstić information content (AvgIpc) is 2.55. The van der Waals surface area contributed by atoms with Gasteiger partial charge in [0.2, 0.25) is 0 Å². The smallest absolute Gasteiger partial charge is 0.0419 e. The molecule has 2 heterocycles. The standard InChI is InChI=1S/C18H31N3/c1-4-18(3,21-13-9-6-10-14-21)17(19-5-2)15-16-11-7-8-12-20-16/h7-8,11-12,17,19H,4-6,9-10,13-15H2,1-3H3. The highest BCUT2D eigenvalue weighted by atomic mass is 15.2. The molecule has 0 amide bonds. The quantitative estimate of drug-likeness (QED) is 0.835. The predicted molar refractivity (Wildman–Crippen MR) is 89.5 cm³/mol. The highest BCUT2D eigenvalue weighted by Crippen LogP contribution is 2.29. The second kappa shape index (κ2) is 7.90. The van der Waals surface area contributed by atoms with Crippen molar-refractivity contribution in [2.45, 2.75) is 64.5 Å². The van der Waals surface area contributed by atoms with E-state index in [4.69, 9.17) is 0 Å². The topological polar surface area (TPSA) is 28.2 Å². The number of nitrogens with zero attached hydrogens (tertiary/aromatic N) is 2. The van der Waals surface area contributed by atoms with E-state index in [1.165, 1.54) is 44.5 Å². The van der Waals surface area contributed by atoms with E-state index >= 15 is 0 Å². The van der Waals surface area contributed by atoms with E-state index in [1.807, 2.05) is 12.3 Å². The Bertz CT molecular complexity index is 400. The van der Waals surface area contributed by atoms with Gasteiger partial charge in [-0.3, -0.25) is 9.88 Å². The molecule has 0 bridgehead atoms. The van der Waals surface area contributed by atoms with Crippen molar-refractivity contribution in [2.24, 2.45) is 0 Å². The number of pyridine rings is 1. The summed E-state index contributed by atoms with van der Waals surface area (Å²) in [5, 5.41) is 3.74. The molecule has 1 fully saturated rings. The molecule has 1 aromatic heterocycles. The van der Waals surface area contributed by atoms with Crippen molar-refractivity contribution >= 4 is 0 Å². The first kappa shape index (κ1) is 16.4.